The second-order valence-electron chi connectivity index (χ2n) is 5.82. The number of nitrogens with one attached hydrogen (secondary N) is 1. The van der Waals surface area contributed by atoms with E-state index < -0.39 is 10.0 Å². The van der Waals surface area contributed by atoms with Crippen molar-refractivity contribution < 1.29 is 8.42 Å². The molecule has 9 heteroatoms. The number of hydrogen-bond donors (Lipinski definition) is 1. The lowest BCUT2D eigenvalue weighted by Crippen LogP contribution is -2.44. The smallest absolute Gasteiger partial charge is 0.244 e. The van der Waals surface area contributed by atoms with Gasteiger partial charge in [-0.3, -0.25) is 4.68 Å². The van der Waals surface area contributed by atoms with Gasteiger partial charge in [-0.25, -0.2) is 18.1 Å². The molecule has 2 aromatic heterocycles. The van der Waals surface area contributed by atoms with Crippen molar-refractivity contribution in [2.45, 2.75) is 37.6 Å². The average molecular weight is 355 g/mol. The van der Waals surface area contributed by atoms with Crippen molar-refractivity contribution in [2.24, 2.45) is 7.05 Å². The molecule has 0 amide bonds. The molecule has 1 aliphatic heterocycles. The van der Waals surface area contributed by atoms with Crippen molar-refractivity contribution in [3.63, 3.8) is 0 Å². The van der Waals surface area contributed by atoms with E-state index in [9.17, 15) is 8.42 Å². The fraction of sp³-hybridized carbons (Fsp3) is 0.571. The molecule has 1 N–H and O–H groups in total. The summed E-state index contributed by atoms with van der Waals surface area (Å²) in [5.41, 5.74) is 1.20. The molecule has 3 rings (SSSR count). The third-order valence-corrected chi connectivity index (χ3v) is 6.82. The van der Waals surface area contributed by atoms with Crippen molar-refractivity contribution >= 4 is 26.5 Å². The van der Waals surface area contributed by atoms with Crippen LogP contribution in [0, 0.1) is 13.8 Å². The van der Waals surface area contributed by atoms with Gasteiger partial charge >= 0.3 is 0 Å². The third kappa shape index (κ3) is 3.26. The molecular weight excluding hydrogens is 334 g/mol. The van der Waals surface area contributed by atoms with Crippen LogP contribution in [0.1, 0.15) is 24.2 Å². The SMILES string of the molecule is Cc1nn(C)c(C)c1S(=O)(=O)NC1CCN(c2nccs2)CC1. The zero-order valence-electron chi connectivity index (χ0n) is 13.5. The molecule has 0 radical (unpaired) electrons. The van der Waals surface area contributed by atoms with Crippen LogP contribution in [0.4, 0.5) is 5.13 Å². The molecular formula is C14H21N5O2S2. The van der Waals surface area contributed by atoms with Crippen molar-refractivity contribution in [3.8, 4) is 0 Å². The van der Waals surface area contributed by atoms with Crippen LogP contribution in [0.2, 0.25) is 0 Å². The fourth-order valence-electron chi connectivity index (χ4n) is 2.98. The molecule has 23 heavy (non-hydrogen) atoms. The van der Waals surface area contributed by atoms with E-state index in [1.54, 1.807) is 43.1 Å². The molecule has 1 saturated heterocycles. The van der Waals surface area contributed by atoms with E-state index in [0.29, 0.717) is 16.3 Å². The highest BCUT2D eigenvalue weighted by atomic mass is 32.2. The maximum Gasteiger partial charge on any atom is 0.244 e. The first kappa shape index (κ1) is 16.4. The van der Waals surface area contributed by atoms with Crippen molar-refractivity contribution in [3.05, 3.63) is 23.0 Å². The molecule has 1 fully saturated rings. The lowest BCUT2D eigenvalue weighted by Gasteiger charge is -2.31. The molecule has 126 valence electrons. The van der Waals surface area contributed by atoms with E-state index >= 15 is 0 Å². The minimum Gasteiger partial charge on any atom is -0.348 e. The Hall–Kier alpha value is -1.45. The molecule has 0 bridgehead atoms. The van der Waals surface area contributed by atoms with Crippen LogP contribution >= 0.6 is 11.3 Å². The maximum absolute atomic E-state index is 12.7. The van der Waals surface area contributed by atoms with Crippen LogP contribution in [0.15, 0.2) is 16.5 Å². The Morgan fingerprint density at radius 2 is 2.00 bits per heavy atom. The highest BCUT2D eigenvalue weighted by molar-refractivity contribution is 7.89. The third-order valence-electron chi connectivity index (χ3n) is 4.22. The first-order valence-corrected chi connectivity index (χ1v) is 9.92. The summed E-state index contributed by atoms with van der Waals surface area (Å²) < 4.78 is 29.8. The van der Waals surface area contributed by atoms with Gasteiger partial charge in [0.25, 0.3) is 0 Å². The Bertz CT molecular complexity index is 774. The van der Waals surface area contributed by atoms with Gasteiger partial charge in [0.2, 0.25) is 10.0 Å². The van der Waals surface area contributed by atoms with Crippen LogP contribution in [-0.2, 0) is 17.1 Å². The number of aromatic nitrogens is 3. The first-order valence-electron chi connectivity index (χ1n) is 7.55. The number of aryl methyl sites for hydroxylation is 2. The predicted octanol–water partition coefficient (Wildman–Crippen LogP) is 1.44. The summed E-state index contributed by atoms with van der Waals surface area (Å²) >= 11 is 1.61. The molecule has 0 atom stereocenters. The number of nitrogens with zero attached hydrogens (tertiary/aromatic N) is 4. The predicted molar refractivity (Wildman–Crippen MR) is 90.4 cm³/mol. The van der Waals surface area contributed by atoms with Crippen molar-refractivity contribution in [1.29, 1.82) is 0 Å². The summed E-state index contributed by atoms with van der Waals surface area (Å²) in [4.78, 5) is 6.82. The average Bonchev–Trinajstić information content (AvgIpc) is 3.09. The standard InChI is InChI=1S/C14H21N5O2S2/c1-10-13(11(2)18(3)16-10)23(20,21)17-12-4-7-19(8-5-12)14-15-6-9-22-14/h6,9,12,17H,4-5,7-8H2,1-3H3. The number of thiazole rings is 1. The Kier molecular flexibility index (Phi) is 4.43. The van der Waals surface area contributed by atoms with Gasteiger partial charge in [-0.1, -0.05) is 0 Å². The second kappa shape index (κ2) is 6.21. The van der Waals surface area contributed by atoms with E-state index in [-0.39, 0.29) is 6.04 Å². The van der Waals surface area contributed by atoms with Crippen molar-refractivity contribution in [2.75, 3.05) is 18.0 Å². The monoisotopic (exact) mass is 355 g/mol. The number of piperidine rings is 1. The molecule has 1 aliphatic rings. The summed E-state index contributed by atoms with van der Waals surface area (Å²) in [6.45, 7) is 5.13. The van der Waals surface area contributed by atoms with Gasteiger partial charge in [-0.15, -0.1) is 11.3 Å². The zero-order chi connectivity index (χ0) is 16.6. The molecule has 3 heterocycles. The Morgan fingerprint density at radius 1 is 1.30 bits per heavy atom. The molecule has 0 aliphatic carbocycles. The Balaban J connectivity index is 1.68. The van der Waals surface area contributed by atoms with Gasteiger partial charge in [0.15, 0.2) is 5.13 Å². The number of sulfonamides is 1. The minimum absolute atomic E-state index is 0.0461. The molecule has 0 unspecified atom stereocenters. The Labute approximate surface area is 140 Å². The Morgan fingerprint density at radius 3 is 2.52 bits per heavy atom. The van der Waals surface area contributed by atoms with Crippen LogP contribution in [0.3, 0.4) is 0 Å². The van der Waals surface area contributed by atoms with Crippen LogP contribution in [0.5, 0.6) is 0 Å². The van der Waals surface area contributed by atoms with E-state index in [0.717, 1.165) is 31.1 Å². The molecule has 0 aromatic carbocycles. The molecule has 0 saturated carbocycles. The van der Waals surface area contributed by atoms with E-state index in [1.165, 1.54) is 0 Å². The van der Waals surface area contributed by atoms with Gasteiger partial charge in [0.1, 0.15) is 4.90 Å². The maximum atomic E-state index is 12.7. The van der Waals surface area contributed by atoms with Gasteiger partial charge in [-0.05, 0) is 26.7 Å². The van der Waals surface area contributed by atoms with Crippen LogP contribution in [-0.4, -0.2) is 42.3 Å². The van der Waals surface area contributed by atoms with Gasteiger partial charge in [0.05, 0.1) is 11.4 Å². The van der Waals surface area contributed by atoms with E-state index in [1.807, 2.05) is 5.38 Å². The molecule has 2 aromatic rings. The fourth-order valence-corrected chi connectivity index (χ4v) is 5.42. The topological polar surface area (TPSA) is 80.1 Å². The molecule has 7 nitrogen and oxygen atoms in total. The number of rotatable bonds is 4. The molecule has 0 spiro atoms. The van der Waals surface area contributed by atoms with Gasteiger partial charge in [0, 0.05) is 37.8 Å². The minimum atomic E-state index is -3.54. The quantitative estimate of drug-likeness (QED) is 0.898. The second-order valence-corrected chi connectivity index (χ2v) is 8.34. The van der Waals surface area contributed by atoms with Crippen LogP contribution in [0.25, 0.3) is 0 Å². The van der Waals surface area contributed by atoms with E-state index in [4.69, 9.17) is 0 Å². The summed E-state index contributed by atoms with van der Waals surface area (Å²) in [7, 11) is -1.78. The summed E-state index contributed by atoms with van der Waals surface area (Å²) in [6, 6.07) is -0.0461. The summed E-state index contributed by atoms with van der Waals surface area (Å²) in [6.07, 6.45) is 3.34. The van der Waals surface area contributed by atoms with Crippen molar-refractivity contribution in [1.82, 2.24) is 19.5 Å². The zero-order valence-corrected chi connectivity index (χ0v) is 15.1. The van der Waals surface area contributed by atoms with E-state index in [2.05, 4.69) is 19.7 Å². The van der Waals surface area contributed by atoms with Gasteiger partial charge in [-0.2, -0.15) is 5.10 Å². The van der Waals surface area contributed by atoms with Gasteiger partial charge < -0.3 is 4.90 Å². The highest BCUT2D eigenvalue weighted by Gasteiger charge is 2.29. The lowest BCUT2D eigenvalue weighted by atomic mass is 10.1. The number of anilines is 1. The summed E-state index contributed by atoms with van der Waals surface area (Å²) in [5, 5.41) is 7.16. The van der Waals surface area contributed by atoms with Crippen LogP contribution < -0.4 is 9.62 Å². The number of hydrogen-bond acceptors (Lipinski definition) is 6. The normalized spacial score (nSPS) is 16.9. The summed E-state index contributed by atoms with van der Waals surface area (Å²) in [5.74, 6) is 0. The first-order chi connectivity index (χ1) is 10.9. The largest absolute Gasteiger partial charge is 0.348 e. The lowest BCUT2D eigenvalue weighted by molar-refractivity contribution is 0.459. The highest BCUT2D eigenvalue weighted by Crippen LogP contribution is 2.24.